The number of halogens is 1. The highest BCUT2D eigenvalue weighted by Gasteiger charge is 2.15. The number of ether oxygens (including phenoxy) is 2. The molecule has 0 saturated heterocycles. The minimum absolute atomic E-state index is 0.416. The SMILES string of the molecule is COc1ccccc1Nc1nc(Nc2cccc3c2OCCCC3)ncc1Cl. The normalized spacial score (nSPS) is 13.1. The Balaban J connectivity index is 1.61. The molecule has 6 nitrogen and oxygen atoms in total. The van der Waals surface area contributed by atoms with E-state index in [1.807, 2.05) is 36.4 Å². The van der Waals surface area contributed by atoms with E-state index in [9.17, 15) is 0 Å². The van der Waals surface area contributed by atoms with Gasteiger partial charge in [-0.25, -0.2) is 4.98 Å². The second kappa shape index (κ2) is 8.35. The van der Waals surface area contributed by atoms with Crippen LogP contribution >= 0.6 is 11.6 Å². The van der Waals surface area contributed by atoms with E-state index < -0.39 is 0 Å². The summed E-state index contributed by atoms with van der Waals surface area (Å²) in [5, 5.41) is 6.89. The zero-order chi connectivity index (χ0) is 19.3. The number of rotatable bonds is 5. The summed E-state index contributed by atoms with van der Waals surface area (Å²) >= 11 is 6.30. The molecule has 0 saturated carbocycles. The van der Waals surface area contributed by atoms with Crippen molar-refractivity contribution in [2.75, 3.05) is 24.4 Å². The third-order valence-electron chi connectivity index (χ3n) is 4.53. The molecule has 0 unspecified atom stereocenters. The third-order valence-corrected chi connectivity index (χ3v) is 4.81. The van der Waals surface area contributed by atoms with E-state index in [0.717, 1.165) is 36.4 Å². The molecule has 2 N–H and O–H groups in total. The highest BCUT2D eigenvalue weighted by molar-refractivity contribution is 6.32. The van der Waals surface area contributed by atoms with E-state index in [0.29, 0.717) is 29.1 Å². The summed E-state index contributed by atoms with van der Waals surface area (Å²) < 4.78 is 11.3. The Morgan fingerprint density at radius 1 is 1.04 bits per heavy atom. The van der Waals surface area contributed by atoms with Crippen LogP contribution in [0.1, 0.15) is 18.4 Å². The summed E-state index contributed by atoms with van der Waals surface area (Å²) in [6.45, 7) is 0.716. The molecule has 0 atom stereocenters. The van der Waals surface area contributed by atoms with Gasteiger partial charge in [0.05, 0.1) is 31.3 Å². The Morgan fingerprint density at radius 2 is 1.89 bits per heavy atom. The number of fused-ring (bicyclic) bond motifs is 1. The first-order valence-corrected chi connectivity index (χ1v) is 9.56. The van der Waals surface area contributed by atoms with Crippen LogP contribution in [0.15, 0.2) is 48.7 Å². The predicted molar refractivity (Wildman–Crippen MR) is 111 cm³/mol. The first kappa shape index (κ1) is 18.4. The lowest BCUT2D eigenvalue weighted by Gasteiger charge is -2.15. The number of nitrogens with one attached hydrogen (secondary N) is 2. The minimum atomic E-state index is 0.416. The average molecular weight is 397 g/mol. The molecule has 2 heterocycles. The largest absolute Gasteiger partial charge is 0.495 e. The number of methoxy groups -OCH3 is 1. The fraction of sp³-hybridized carbons (Fsp3) is 0.238. The molecule has 1 aliphatic heterocycles. The molecule has 0 amide bonds. The van der Waals surface area contributed by atoms with Gasteiger partial charge < -0.3 is 20.1 Å². The third kappa shape index (κ3) is 3.97. The van der Waals surface area contributed by atoms with E-state index in [4.69, 9.17) is 21.1 Å². The van der Waals surface area contributed by atoms with Crippen LogP contribution in [0.3, 0.4) is 0 Å². The predicted octanol–water partition coefficient (Wildman–Crippen LogP) is 5.34. The van der Waals surface area contributed by atoms with Gasteiger partial charge in [0, 0.05) is 0 Å². The zero-order valence-corrected chi connectivity index (χ0v) is 16.3. The van der Waals surface area contributed by atoms with Gasteiger partial charge in [-0.1, -0.05) is 35.9 Å². The molecule has 1 aliphatic rings. The smallest absolute Gasteiger partial charge is 0.229 e. The van der Waals surface area contributed by atoms with Crippen LogP contribution in [-0.4, -0.2) is 23.7 Å². The molecule has 0 radical (unpaired) electrons. The van der Waals surface area contributed by atoms with Crippen molar-refractivity contribution in [1.29, 1.82) is 0 Å². The van der Waals surface area contributed by atoms with Crippen LogP contribution < -0.4 is 20.1 Å². The van der Waals surface area contributed by atoms with Gasteiger partial charge in [0.25, 0.3) is 0 Å². The summed E-state index contributed by atoms with van der Waals surface area (Å²) in [6, 6.07) is 13.7. The average Bonchev–Trinajstić information content (AvgIpc) is 2.97. The number of hydrogen-bond acceptors (Lipinski definition) is 6. The summed E-state index contributed by atoms with van der Waals surface area (Å²) in [7, 11) is 1.62. The van der Waals surface area contributed by atoms with E-state index in [1.165, 1.54) is 5.56 Å². The summed E-state index contributed by atoms with van der Waals surface area (Å²) in [6.07, 6.45) is 4.75. The van der Waals surface area contributed by atoms with E-state index in [2.05, 4.69) is 26.7 Å². The molecule has 0 spiro atoms. The molecule has 28 heavy (non-hydrogen) atoms. The van der Waals surface area contributed by atoms with Gasteiger partial charge in [0.2, 0.25) is 5.95 Å². The highest BCUT2D eigenvalue weighted by atomic mass is 35.5. The number of benzene rings is 2. The maximum atomic E-state index is 6.30. The molecule has 4 rings (SSSR count). The molecular weight excluding hydrogens is 376 g/mol. The van der Waals surface area contributed by atoms with E-state index in [1.54, 1.807) is 13.3 Å². The molecule has 0 aliphatic carbocycles. The Labute approximate surface area is 168 Å². The van der Waals surface area contributed by atoms with Crippen LogP contribution in [0, 0.1) is 0 Å². The standard InChI is InChI=1S/C21H21ClN4O2/c1-27-18-11-3-2-9-16(18)24-20-15(22)13-23-21(26-20)25-17-10-6-8-14-7-4-5-12-28-19(14)17/h2-3,6,8-11,13H,4-5,7,12H2,1H3,(H2,23,24,25,26). The van der Waals surface area contributed by atoms with Crippen molar-refractivity contribution in [2.24, 2.45) is 0 Å². The lowest BCUT2D eigenvalue weighted by molar-refractivity contribution is 0.318. The second-order valence-electron chi connectivity index (χ2n) is 6.44. The van der Waals surface area contributed by atoms with Crippen molar-refractivity contribution in [2.45, 2.75) is 19.3 Å². The number of hydrogen-bond donors (Lipinski definition) is 2. The van der Waals surface area contributed by atoms with Gasteiger partial charge in [-0.05, 0) is 43.0 Å². The topological polar surface area (TPSA) is 68.3 Å². The maximum Gasteiger partial charge on any atom is 0.229 e. The molecule has 1 aromatic heterocycles. The van der Waals surface area contributed by atoms with Gasteiger partial charge >= 0.3 is 0 Å². The maximum absolute atomic E-state index is 6.30. The van der Waals surface area contributed by atoms with Crippen LogP contribution in [0.2, 0.25) is 5.02 Å². The molecule has 3 aromatic rings. The molecule has 0 bridgehead atoms. The first-order valence-electron chi connectivity index (χ1n) is 9.19. The fourth-order valence-electron chi connectivity index (χ4n) is 3.15. The van der Waals surface area contributed by atoms with Crippen molar-refractivity contribution in [3.63, 3.8) is 0 Å². The highest BCUT2D eigenvalue weighted by Crippen LogP contribution is 2.35. The van der Waals surface area contributed by atoms with Crippen molar-refractivity contribution in [1.82, 2.24) is 9.97 Å². The molecule has 144 valence electrons. The van der Waals surface area contributed by atoms with Gasteiger partial charge in [-0.3, -0.25) is 0 Å². The quantitative estimate of drug-likeness (QED) is 0.606. The minimum Gasteiger partial charge on any atom is -0.495 e. The van der Waals surface area contributed by atoms with Crippen LogP contribution in [0.5, 0.6) is 11.5 Å². The van der Waals surface area contributed by atoms with Crippen molar-refractivity contribution in [3.05, 3.63) is 59.2 Å². The number of nitrogens with zero attached hydrogens (tertiary/aromatic N) is 2. The van der Waals surface area contributed by atoms with Gasteiger partial charge in [0.15, 0.2) is 5.82 Å². The Morgan fingerprint density at radius 3 is 2.79 bits per heavy atom. The van der Waals surface area contributed by atoms with Crippen molar-refractivity contribution >= 4 is 34.7 Å². The number of aryl methyl sites for hydroxylation is 1. The van der Waals surface area contributed by atoms with Crippen LogP contribution in [-0.2, 0) is 6.42 Å². The zero-order valence-electron chi connectivity index (χ0n) is 15.5. The molecular formula is C21H21ClN4O2. The Bertz CT molecular complexity index is 980. The number of anilines is 4. The van der Waals surface area contributed by atoms with E-state index >= 15 is 0 Å². The summed E-state index contributed by atoms with van der Waals surface area (Å²) in [5.41, 5.74) is 2.82. The fourth-order valence-corrected chi connectivity index (χ4v) is 3.29. The molecule has 2 aromatic carbocycles. The number of para-hydroxylation sites is 3. The second-order valence-corrected chi connectivity index (χ2v) is 6.85. The lowest BCUT2D eigenvalue weighted by Crippen LogP contribution is -2.04. The molecule has 0 fully saturated rings. The van der Waals surface area contributed by atoms with Crippen LogP contribution in [0.4, 0.5) is 23.1 Å². The first-order chi connectivity index (χ1) is 13.7. The van der Waals surface area contributed by atoms with Crippen LogP contribution in [0.25, 0.3) is 0 Å². The van der Waals surface area contributed by atoms with E-state index in [-0.39, 0.29) is 0 Å². The van der Waals surface area contributed by atoms with Crippen molar-refractivity contribution in [3.8, 4) is 11.5 Å². The van der Waals surface area contributed by atoms with Gasteiger partial charge in [-0.15, -0.1) is 0 Å². The Kier molecular flexibility index (Phi) is 5.48. The summed E-state index contributed by atoms with van der Waals surface area (Å²) in [4.78, 5) is 8.84. The lowest BCUT2D eigenvalue weighted by atomic mass is 10.1. The number of aromatic nitrogens is 2. The Hall–Kier alpha value is -2.99. The van der Waals surface area contributed by atoms with Gasteiger partial charge in [0.1, 0.15) is 16.5 Å². The molecule has 7 heteroatoms. The van der Waals surface area contributed by atoms with Crippen molar-refractivity contribution < 1.29 is 9.47 Å². The van der Waals surface area contributed by atoms with Gasteiger partial charge in [-0.2, -0.15) is 4.98 Å². The summed E-state index contributed by atoms with van der Waals surface area (Å²) in [5.74, 6) is 2.50. The monoisotopic (exact) mass is 396 g/mol.